The van der Waals surface area contributed by atoms with E-state index >= 15 is 0 Å². The lowest BCUT2D eigenvalue weighted by Crippen LogP contribution is -1.99. The second-order valence-electron chi connectivity index (χ2n) is 2.36. The lowest BCUT2D eigenvalue weighted by atomic mass is 10.3. The van der Waals surface area contributed by atoms with Gasteiger partial charge in [0.2, 0.25) is 0 Å². The topological polar surface area (TPSA) is 39.9 Å². The van der Waals surface area contributed by atoms with Crippen LogP contribution in [-0.2, 0) is 11.3 Å². The summed E-state index contributed by atoms with van der Waals surface area (Å²) in [4.78, 5) is 3.84. The predicted octanol–water partition coefficient (Wildman–Crippen LogP) is 0.705. The molecule has 0 amide bonds. The van der Waals surface area contributed by atoms with Crippen molar-refractivity contribution in [2.24, 2.45) is 0 Å². The van der Waals surface area contributed by atoms with Crippen molar-refractivity contribution in [3.05, 3.63) is 12.7 Å². The van der Waals surface area contributed by atoms with Crippen molar-refractivity contribution in [3.63, 3.8) is 0 Å². The van der Waals surface area contributed by atoms with E-state index in [0.717, 1.165) is 26.0 Å². The van der Waals surface area contributed by atoms with Gasteiger partial charge >= 0.3 is 0 Å². The summed E-state index contributed by atoms with van der Waals surface area (Å²) in [7, 11) is 1.72. The van der Waals surface area contributed by atoms with Crippen LogP contribution in [0.25, 0.3) is 0 Å². The van der Waals surface area contributed by atoms with Crippen molar-refractivity contribution >= 4 is 0 Å². The molecule has 4 nitrogen and oxygen atoms in total. The first-order valence-electron chi connectivity index (χ1n) is 3.75. The largest absolute Gasteiger partial charge is 0.385 e. The molecule has 0 unspecified atom stereocenters. The third-order valence-electron chi connectivity index (χ3n) is 1.45. The van der Waals surface area contributed by atoms with Crippen LogP contribution < -0.4 is 0 Å². The summed E-state index contributed by atoms with van der Waals surface area (Å²) in [6, 6.07) is 0. The number of aromatic nitrogens is 3. The highest BCUT2D eigenvalue weighted by molar-refractivity contribution is 4.55. The van der Waals surface area contributed by atoms with E-state index in [9.17, 15) is 0 Å². The fourth-order valence-electron chi connectivity index (χ4n) is 0.868. The molecular formula is C7H13N3O. The zero-order chi connectivity index (χ0) is 7.94. The molecule has 4 heteroatoms. The first-order valence-corrected chi connectivity index (χ1v) is 3.75. The van der Waals surface area contributed by atoms with Gasteiger partial charge in [0.15, 0.2) is 0 Å². The maximum Gasteiger partial charge on any atom is 0.137 e. The number of ether oxygens (including phenoxy) is 1. The van der Waals surface area contributed by atoms with Gasteiger partial charge in [0.25, 0.3) is 0 Å². The Morgan fingerprint density at radius 2 is 2.36 bits per heavy atom. The van der Waals surface area contributed by atoms with Crippen LogP contribution in [0, 0.1) is 0 Å². The van der Waals surface area contributed by atoms with Gasteiger partial charge in [-0.15, -0.1) is 0 Å². The van der Waals surface area contributed by atoms with Crippen molar-refractivity contribution in [3.8, 4) is 0 Å². The highest BCUT2D eigenvalue weighted by Crippen LogP contribution is 1.92. The number of hydrogen-bond acceptors (Lipinski definition) is 3. The van der Waals surface area contributed by atoms with Gasteiger partial charge in [-0.1, -0.05) is 0 Å². The van der Waals surface area contributed by atoms with Crippen LogP contribution >= 0.6 is 0 Å². The summed E-state index contributed by atoms with van der Waals surface area (Å²) in [6.45, 7) is 1.76. The van der Waals surface area contributed by atoms with Gasteiger partial charge in [-0.05, 0) is 12.8 Å². The van der Waals surface area contributed by atoms with Crippen molar-refractivity contribution in [2.45, 2.75) is 19.4 Å². The Hall–Kier alpha value is -0.900. The van der Waals surface area contributed by atoms with E-state index in [-0.39, 0.29) is 0 Å². The van der Waals surface area contributed by atoms with Crippen LogP contribution in [0.3, 0.4) is 0 Å². The van der Waals surface area contributed by atoms with Crippen molar-refractivity contribution in [1.29, 1.82) is 0 Å². The van der Waals surface area contributed by atoms with Crippen molar-refractivity contribution in [1.82, 2.24) is 14.8 Å². The lowest BCUT2D eigenvalue weighted by molar-refractivity contribution is 0.191. The normalized spacial score (nSPS) is 10.3. The minimum Gasteiger partial charge on any atom is -0.385 e. The predicted molar refractivity (Wildman–Crippen MR) is 41.1 cm³/mol. The SMILES string of the molecule is COCCCCn1cncn1. The van der Waals surface area contributed by atoms with Crippen molar-refractivity contribution in [2.75, 3.05) is 13.7 Å². The Labute approximate surface area is 66.2 Å². The van der Waals surface area contributed by atoms with E-state index in [1.165, 1.54) is 0 Å². The van der Waals surface area contributed by atoms with E-state index in [2.05, 4.69) is 10.1 Å². The van der Waals surface area contributed by atoms with Gasteiger partial charge in [0, 0.05) is 20.3 Å². The number of aryl methyl sites for hydroxylation is 1. The van der Waals surface area contributed by atoms with Crippen molar-refractivity contribution < 1.29 is 4.74 Å². The third kappa shape index (κ3) is 3.13. The maximum atomic E-state index is 4.92. The Bertz CT molecular complexity index is 174. The summed E-state index contributed by atoms with van der Waals surface area (Å²) in [5.41, 5.74) is 0. The molecule has 0 N–H and O–H groups in total. The summed E-state index contributed by atoms with van der Waals surface area (Å²) in [5, 5.41) is 3.98. The van der Waals surface area contributed by atoms with Gasteiger partial charge in [-0.2, -0.15) is 5.10 Å². The summed E-state index contributed by atoms with van der Waals surface area (Å²) < 4.78 is 6.74. The van der Waals surface area contributed by atoms with E-state index in [4.69, 9.17) is 4.74 Å². The van der Waals surface area contributed by atoms with E-state index < -0.39 is 0 Å². The molecule has 0 fully saturated rings. The van der Waals surface area contributed by atoms with Crippen LogP contribution in [0.1, 0.15) is 12.8 Å². The number of methoxy groups -OCH3 is 1. The van der Waals surface area contributed by atoms with Gasteiger partial charge in [-0.3, -0.25) is 4.68 Å². The molecule has 1 heterocycles. The molecule has 1 aromatic rings. The zero-order valence-electron chi connectivity index (χ0n) is 6.73. The molecule has 0 aliphatic rings. The highest BCUT2D eigenvalue weighted by Gasteiger charge is 1.90. The van der Waals surface area contributed by atoms with Gasteiger partial charge in [0.1, 0.15) is 12.7 Å². The molecule has 0 atom stereocenters. The first kappa shape index (κ1) is 8.20. The quantitative estimate of drug-likeness (QED) is 0.588. The molecule has 0 bridgehead atoms. The Kier molecular flexibility index (Phi) is 3.61. The molecule has 0 aliphatic heterocycles. The third-order valence-corrected chi connectivity index (χ3v) is 1.45. The molecule has 0 saturated heterocycles. The molecule has 0 radical (unpaired) electrons. The molecule has 11 heavy (non-hydrogen) atoms. The van der Waals surface area contributed by atoms with Gasteiger partial charge < -0.3 is 4.74 Å². The first-order chi connectivity index (χ1) is 5.43. The molecule has 0 spiro atoms. The summed E-state index contributed by atoms with van der Waals surface area (Å²) in [6.07, 6.45) is 5.46. The Morgan fingerprint density at radius 1 is 1.45 bits per heavy atom. The van der Waals surface area contributed by atoms with Crippen LogP contribution in [0.5, 0.6) is 0 Å². The summed E-state index contributed by atoms with van der Waals surface area (Å²) in [5.74, 6) is 0. The molecule has 0 aromatic carbocycles. The van der Waals surface area contributed by atoms with Crippen LogP contribution in [0.4, 0.5) is 0 Å². The molecular weight excluding hydrogens is 142 g/mol. The smallest absolute Gasteiger partial charge is 0.137 e. The van der Waals surface area contributed by atoms with Crippen LogP contribution in [0.15, 0.2) is 12.7 Å². The lowest BCUT2D eigenvalue weighted by Gasteiger charge is -1.98. The highest BCUT2D eigenvalue weighted by atomic mass is 16.5. The average Bonchev–Trinajstić information content (AvgIpc) is 2.50. The monoisotopic (exact) mass is 155 g/mol. The van der Waals surface area contributed by atoms with Gasteiger partial charge in [-0.25, -0.2) is 4.98 Å². The minimum atomic E-state index is 0.828. The number of nitrogens with zero attached hydrogens (tertiary/aromatic N) is 3. The number of hydrogen-bond donors (Lipinski definition) is 0. The second-order valence-corrected chi connectivity index (χ2v) is 2.36. The molecule has 1 aromatic heterocycles. The molecule has 0 aliphatic carbocycles. The minimum absolute atomic E-state index is 0.828. The summed E-state index contributed by atoms with van der Waals surface area (Å²) >= 11 is 0. The van der Waals surface area contributed by atoms with Gasteiger partial charge in [0.05, 0.1) is 0 Å². The fraction of sp³-hybridized carbons (Fsp3) is 0.714. The standard InChI is InChI=1S/C7H13N3O/c1-11-5-3-2-4-10-7-8-6-9-10/h6-7H,2-5H2,1H3. The van der Waals surface area contributed by atoms with E-state index in [1.807, 2.05) is 4.68 Å². The number of unbranched alkanes of at least 4 members (excludes halogenated alkanes) is 1. The fourth-order valence-corrected chi connectivity index (χ4v) is 0.868. The van der Waals surface area contributed by atoms with E-state index in [0.29, 0.717) is 0 Å². The van der Waals surface area contributed by atoms with E-state index in [1.54, 1.807) is 19.8 Å². The molecule has 0 saturated carbocycles. The maximum absolute atomic E-state index is 4.92. The number of rotatable bonds is 5. The molecule has 1 rings (SSSR count). The Balaban J connectivity index is 2.04. The van der Waals surface area contributed by atoms with Crippen LogP contribution in [-0.4, -0.2) is 28.5 Å². The Morgan fingerprint density at radius 3 is 3.00 bits per heavy atom. The zero-order valence-corrected chi connectivity index (χ0v) is 6.73. The molecule has 62 valence electrons. The van der Waals surface area contributed by atoms with Crippen LogP contribution in [0.2, 0.25) is 0 Å². The second kappa shape index (κ2) is 4.85. The average molecular weight is 155 g/mol.